The highest BCUT2D eigenvalue weighted by atomic mass is 32.1. The third-order valence-electron chi connectivity index (χ3n) is 4.58. The molecule has 2 aromatic heterocycles. The molecule has 2 heterocycles. The Bertz CT molecular complexity index is 1070. The number of rotatable bonds is 6. The van der Waals surface area contributed by atoms with Crippen LogP contribution in [0.5, 0.6) is 0 Å². The third kappa shape index (κ3) is 3.99. The lowest BCUT2D eigenvalue weighted by Crippen LogP contribution is -2.22. The van der Waals surface area contributed by atoms with Gasteiger partial charge in [-0.2, -0.15) is 0 Å². The lowest BCUT2D eigenvalue weighted by Gasteiger charge is -2.19. The number of benzene rings is 2. The van der Waals surface area contributed by atoms with E-state index in [9.17, 15) is 4.79 Å². The Morgan fingerprint density at radius 3 is 2.75 bits per heavy atom. The van der Waals surface area contributed by atoms with Crippen LogP contribution in [-0.2, 0) is 6.42 Å². The smallest absolute Gasteiger partial charge is 0.259 e. The van der Waals surface area contributed by atoms with E-state index in [0.717, 1.165) is 18.8 Å². The summed E-state index contributed by atoms with van der Waals surface area (Å²) in [5, 5.41) is 13.2. The van der Waals surface area contributed by atoms with Gasteiger partial charge in [0.2, 0.25) is 5.13 Å². The van der Waals surface area contributed by atoms with Crippen molar-refractivity contribution in [2.24, 2.45) is 0 Å². The first-order valence-corrected chi connectivity index (χ1v) is 9.80. The van der Waals surface area contributed by atoms with Crippen LogP contribution >= 0.6 is 11.3 Å². The monoisotopic (exact) mass is 389 g/mol. The third-order valence-corrected chi connectivity index (χ3v) is 5.18. The van der Waals surface area contributed by atoms with E-state index >= 15 is 0 Å². The molecular weight excluding hydrogens is 370 g/mol. The second-order valence-corrected chi connectivity index (χ2v) is 7.25. The molecule has 0 aliphatic heterocycles. The van der Waals surface area contributed by atoms with E-state index in [1.807, 2.05) is 13.1 Å². The quantitative estimate of drug-likeness (QED) is 0.539. The van der Waals surface area contributed by atoms with Crippen molar-refractivity contribution in [3.63, 3.8) is 0 Å². The molecule has 0 saturated carbocycles. The second-order valence-electron chi connectivity index (χ2n) is 6.41. The maximum absolute atomic E-state index is 12.2. The standard InChI is InChI=1S/C21H19N5OS/c1-26(12-11-16-7-4-6-15-5-2-3-8-18(15)16)19-10-9-17(13-22-19)20(27)24-21-25-23-14-28-21/h2-10,13-14H,11-12H2,1H3,(H,24,25,27). The van der Waals surface area contributed by atoms with Crippen LogP contribution in [0.15, 0.2) is 66.3 Å². The molecule has 0 aliphatic carbocycles. The van der Waals surface area contributed by atoms with E-state index in [2.05, 4.69) is 67.9 Å². The Morgan fingerprint density at radius 2 is 1.96 bits per heavy atom. The summed E-state index contributed by atoms with van der Waals surface area (Å²) in [5.74, 6) is 0.585. The van der Waals surface area contributed by atoms with Crippen LogP contribution in [-0.4, -0.2) is 34.7 Å². The van der Waals surface area contributed by atoms with Gasteiger partial charge in [0, 0.05) is 19.8 Å². The van der Waals surface area contributed by atoms with Crippen LogP contribution in [0.4, 0.5) is 10.9 Å². The molecule has 4 rings (SSSR count). The highest BCUT2D eigenvalue weighted by Crippen LogP contribution is 2.20. The number of anilines is 2. The van der Waals surface area contributed by atoms with Gasteiger partial charge in [0.1, 0.15) is 11.3 Å². The van der Waals surface area contributed by atoms with Gasteiger partial charge in [0.05, 0.1) is 5.56 Å². The van der Waals surface area contributed by atoms with E-state index < -0.39 is 0 Å². The van der Waals surface area contributed by atoms with Gasteiger partial charge in [-0.25, -0.2) is 4.98 Å². The fourth-order valence-corrected chi connectivity index (χ4v) is 3.50. The van der Waals surface area contributed by atoms with Crippen molar-refractivity contribution in [1.29, 1.82) is 0 Å². The summed E-state index contributed by atoms with van der Waals surface area (Å²) >= 11 is 1.28. The molecule has 6 nitrogen and oxygen atoms in total. The Labute approximate surface area is 166 Å². The molecule has 1 amide bonds. The highest BCUT2D eigenvalue weighted by Gasteiger charge is 2.10. The summed E-state index contributed by atoms with van der Waals surface area (Å²) in [7, 11) is 2.01. The molecular formula is C21H19N5OS. The minimum Gasteiger partial charge on any atom is -0.359 e. The number of likely N-dealkylation sites (N-methyl/N-ethyl adjacent to an activating group) is 1. The lowest BCUT2D eigenvalue weighted by molar-refractivity contribution is 0.102. The maximum atomic E-state index is 12.2. The molecule has 0 bridgehead atoms. The Morgan fingerprint density at radius 1 is 1.11 bits per heavy atom. The molecule has 1 N–H and O–H groups in total. The molecule has 4 aromatic rings. The number of nitrogens with one attached hydrogen (secondary N) is 1. The Kier molecular flexibility index (Phi) is 5.25. The molecule has 28 heavy (non-hydrogen) atoms. The predicted molar refractivity (Wildman–Crippen MR) is 113 cm³/mol. The van der Waals surface area contributed by atoms with Crippen LogP contribution in [0.3, 0.4) is 0 Å². The zero-order chi connectivity index (χ0) is 19.3. The van der Waals surface area contributed by atoms with E-state index in [4.69, 9.17) is 0 Å². The van der Waals surface area contributed by atoms with Gasteiger partial charge in [-0.3, -0.25) is 10.1 Å². The first-order chi connectivity index (χ1) is 13.7. The van der Waals surface area contributed by atoms with E-state index in [0.29, 0.717) is 10.7 Å². The molecule has 0 unspecified atom stereocenters. The van der Waals surface area contributed by atoms with Crippen LogP contribution < -0.4 is 10.2 Å². The fraction of sp³-hybridized carbons (Fsp3) is 0.143. The normalized spacial score (nSPS) is 10.8. The van der Waals surface area contributed by atoms with E-state index in [1.165, 1.54) is 27.7 Å². The number of pyridine rings is 1. The van der Waals surface area contributed by atoms with Crippen molar-refractivity contribution < 1.29 is 4.79 Å². The number of aromatic nitrogens is 3. The average Bonchev–Trinajstić information content (AvgIpc) is 3.25. The average molecular weight is 389 g/mol. The molecule has 0 radical (unpaired) electrons. The van der Waals surface area contributed by atoms with Crippen molar-refractivity contribution >= 4 is 39.0 Å². The van der Waals surface area contributed by atoms with Gasteiger partial charge >= 0.3 is 0 Å². The van der Waals surface area contributed by atoms with Gasteiger partial charge in [-0.1, -0.05) is 53.8 Å². The van der Waals surface area contributed by atoms with Crippen molar-refractivity contribution in [1.82, 2.24) is 15.2 Å². The maximum Gasteiger partial charge on any atom is 0.259 e. The van der Waals surface area contributed by atoms with Crippen molar-refractivity contribution in [2.45, 2.75) is 6.42 Å². The first kappa shape index (κ1) is 18.1. The minimum atomic E-state index is -0.241. The zero-order valence-corrected chi connectivity index (χ0v) is 16.2. The van der Waals surface area contributed by atoms with Crippen LogP contribution in [0.2, 0.25) is 0 Å². The molecule has 0 fully saturated rings. The Hall–Kier alpha value is -3.32. The van der Waals surface area contributed by atoms with Gasteiger partial charge in [-0.15, -0.1) is 10.2 Å². The van der Waals surface area contributed by atoms with E-state index in [-0.39, 0.29) is 5.91 Å². The predicted octanol–water partition coefficient (Wildman–Crippen LogP) is 4.02. The second kappa shape index (κ2) is 8.14. The number of hydrogen-bond acceptors (Lipinski definition) is 6. The summed E-state index contributed by atoms with van der Waals surface area (Å²) in [6.45, 7) is 0.831. The number of hydrogen-bond donors (Lipinski definition) is 1. The van der Waals surface area contributed by atoms with Gasteiger partial charge in [0.15, 0.2) is 0 Å². The van der Waals surface area contributed by atoms with Crippen LogP contribution in [0.25, 0.3) is 10.8 Å². The van der Waals surface area contributed by atoms with Crippen LogP contribution in [0.1, 0.15) is 15.9 Å². The molecule has 0 spiro atoms. The largest absolute Gasteiger partial charge is 0.359 e. The summed E-state index contributed by atoms with van der Waals surface area (Å²) in [6, 6.07) is 18.5. The highest BCUT2D eigenvalue weighted by molar-refractivity contribution is 7.13. The molecule has 7 heteroatoms. The summed E-state index contributed by atoms with van der Waals surface area (Å²) in [5.41, 5.74) is 3.38. The SMILES string of the molecule is CN(CCc1cccc2ccccc12)c1ccc(C(=O)Nc2nncs2)cn1. The molecule has 0 aliphatic rings. The van der Waals surface area contributed by atoms with Crippen molar-refractivity contribution in [3.05, 3.63) is 77.4 Å². The number of fused-ring (bicyclic) bond motifs is 1. The number of nitrogens with zero attached hydrogens (tertiary/aromatic N) is 4. The first-order valence-electron chi connectivity index (χ1n) is 8.92. The van der Waals surface area contributed by atoms with E-state index in [1.54, 1.807) is 17.8 Å². The fourth-order valence-electron chi connectivity index (χ4n) is 3.06. The van der Waals surface area contributed by atoms with Gasteiger partial charge in [-0.05, 0) is 34.9 Å². The van der Waals surface area contributed by atoms with Crippen molar-refractivity contribution in [2.75, 3.05) is 23.8 Å². The van der Waals surface area contributed by atoms with Gasteiger partial charge < -0.3 is 4.90 Å². The summed E-state index contributed by atoms with van der Waals surface area (Å²) < 4.78 is 0. The molecule has 0 saturated heterocycles. The van der Waals surface area contributed by atoms with Crippen molar-refractivity contribution in [3.8, 4) is 0 Å². The lowest BCUT2D eigenvalue weighted by atomic mass is 10.0. The number of carbonyl (C=O) groups excluding carboxylic acids is 1. The minimum absolute atomic E-state index is 0.241. The number of carbonyl (C=O) groups is 1. The molecule has 0 atom stereocenters. The molecule has 2 aromatic carbocycles. The Balaban J connectivity index is 1.40. The zero-order valence-electron chi connectivity index (χ0n) is 15.4. The topological polar surface area (TPSA) is 71.0 Å². The summed E-state index contributed by atoms with van der Waals surface area (Å²) in [4.78, 5) is 18.7. The number of amides is 1. The molecule has 140 valence electrons. The summed E-state index contributed by atoms with van der Waals surface area (Å²) in [6.07, 6.45) is 2.50. The van der Waals surface area contributed by atoms with Crippen LogP contribution in [0, 0.1) is 0 Å². The van der Waals surface area contributed by atoms with Gasteiger partial charge in [0.25, 0.3) is 5.91 Å².